The molecule has 0 fully saturated rings. The van der Waals surface area contributed by atoms with Crippen molar-refractivity contribution in [3.8, 4) is 11.5 Å². The molecule has 2 N–H and O–H groups in total. The molecule has 0 aliphatic heterocycles. The number of hydrogen-bond acceptors (Lipinski definition) is 3. The molecule has 0 heterocycles. The Kier molecular flexibility index (Phi) is 3.60. The summed E-state index contributed by atoms with van der Waals surface area (Å²) < 4.78 is 11.5. The molecular formula is C18H21NO2. The Morgan fingerprint density at radius 3 is 2.71 bits per heavy atom. The fourth-order valence-corrected chi connectivity index (χ4v) is 2.87. The monoisotopic (exact) mass is 283 g/mol. The fraction of sp³-hybridized carbons (Fsp3) is 0.333. The van der Waals surface area contributed by atoms with Gasteiger partial charge in [-0.25, -0.2) is 0 Å². The fourth-order valence-electron chi connectivity index (χ4n) is 2.87. The molecule has 2 aromatic rings. The Morgan fingerprint density at radius 2 is 1.95 bits per heavy atom. The zero-order valence-corrected chi connectivity index (χ0v) is 12.7. The molecule has 0 radical (unpaired) electrons. The lowest BCUT2D eigenvalue weighted by Crippen LogP contribution is -2.28. The molecule has 110 valence electrons. The summed E-state index contributed by atoms with van der Waals surface area (Å²) in [5, 5.41) is 0. The van der Waals surface area contributed by atoms with E-state index in [0.717, 1.165) is 23.5 Å². The van der Waals surface area contributed by atoms with E-state index in [0.29, 0.717) is 0 Å². The van der Waals surface area contributed by atoms with Crippen molar-refractivity contribution in [3.05, 3.63) is 58.7 Å². The number of methoxy groups -OCH3 is 1. The van der Waals surface area contributed by atoms with Crippen LogP contribution >= 0.6 is 0 Å². The van der Waals surface area contributed by atoms with Gasteiger partial charge in [0.2, 0.25) is 0 Å². The minimum atomic E-state index is -0.116. The molecular weight excluding hydrogens is 262 g/mol. The lowest BCUT2D eigenvalue weighted by atomic mass is 10.1. The molecule has 21 heavy (non-hydrogen) atoms. The minimum absolute atomic E-state index is 0.0207. The summed E-state index contributed by atoms with van der Waals surface area (Å²) in [6.07, 6.45) is 0.820. The van der Waals surface area contributed by atoms with Crippen LogP contribution in [-0.4, -0.2) is 13.2 Å². The predicted molar refractivity (Wildman–Crippen MR) is 84.0 cm³/mol. The van der Waals surface area contributed by atoms with Gasteiger partial charge in [0.1, 0.15) is 17.6 Å². The second kappa shape index (κ2) is 5.41. The highest BCUT2D eigenvalue weighted by Crippen LogP contribution is 2.35. The SMILES string of the molecule is COc1ccc2c(c1)C(N)C(Oc1cccc(C)c1C)C2. The van der Waals surface area contributed by atoms with E-state index in [2.05, 4.69) is 26.0 Å². The Labute approximate surface area is 125 Å². The van der Waals surface area contributed by atoms with Gasteiger partial charge in [0.25, 0.3) is 0 Å². The molecule has 3 rings (SSSR count). The number of fused-ring (bicyclic) bond motifs is 1. The van der Waals surface area contributed by atoms with Crippen molar-refractivity contribution in [2.75, 3.05) is 7.11 Å². The molecule has 0 saturated carbocycles. The van der Waals surface area contributed by atoms with Crippen molar-refractivity contribution in [3.63, 3.8) is 0 Å². The van der Waals surface area contributed by atoms with Gasteiger partial charge in [-0.1, -0.05) is 18.2 Å². The van der Waals surface area contributed by atoms with Crippen LogP contribution in [0.1, 0.15) is 28.3 Å². The predicted octanol–water partition coefficient (Wildman–Crippen LogP) is 3.32. The van der Waals surface area contributed by atoms with Crippen molar-refractivity contribution in [2.24, 2.45) is 5.73 Å². The molecule has 0 spiro atoms. The van der Waals surface area contributed by atoms with E-state index in [-0.39, 0.29) is 12.1 Å². The third-order valence-corrected chi connectivity index (χ3v) is 4.37. The lowest BCUT2D eigenvalue weighted by molar-refractivity contribution is 0.183. The van der Waals surface area contributed by atoms with Gasteiger partial charge in [0.05, 0.1) is 13.2 Å². The summed E-state index contributed by atoms with van der Waals surface area (Å²) in [5.74, 6) is 1.77. The molecule has 1 aliphatic rings. The molecule has 0 aromatic heterocycles. The van der Waals surface area contributed by atoms with Crippen LogP contribution in [-0.2, 0) is 6.42 Å². The topological polar surface area (TPSA) is 44.5 Å². The number of hydrogen-bond donors (Lipinski definition) is 1. The van der Waals surface area contributed by atoms with Crippen molar-refractivity contribution in [1.82, 2.24) is 0 Å². The first-order chi connectivity index (χ1) is 10.1. The van der Waals surface area contributed by atoms with E-state index in [1.165, 1.54) is 16.7 Å². The third-order valence-electron chi connectivity index (χ3n) is 4.37. The average molecular weight is 283 g/mol. The summed E-state index contributed by atoms with van der Waals surface area (Å²) in [6.45, 7) is 4.18. The Balaban J connectivity index is 1.84. The van der Waals surface area contributed by atoms with Gasteiger partial charge in [-0.15, -0.1) is 0 Å². The van der Waals surface area contributed by atoms with E-state index in [1.54, 1.807) is 7.11 Å². The molecule has 3 heteroatoms. The number of rotatable bonds is 3. The summed E-state index contributed by atoms with van der Waals surface area (Å²) in [5.41, 5.74) is 11.2. The van der Waals surface area contributed by atoms with Crippen LogP contribution in [0.4, 0.5) is 0 Å². The second-order valence-corrected chi connectivity index (χ2v) is 5.65. The summed E-state index contributed by atoms with van der Waals surface area (Å²) in [4.78, 5) is 0. The molecule has 0 bridgehead atoms. The van der Waals surface area contributed by atoms with Crippen LogP contribution in [0.5, 0.6) is 11.5 Å². The molecule has 2 atom stereocenters. The maximum atomic E-state index is 6.37. The Morgan fingerprint density at radius 1 is 1.14 bits per heavy atom. The zero-order chi connectivity index (χ0) is 15.0. The third kappa shape index (κ3) is 2.49. The summed E-state index contributed by atoms with van der Waals surface area (Å²) >= 11 is 0. The maximum Gasteiger partial charge on any atom is 0.123 e. The highest BCUT2D eigenvalue weighted by Gasteiger charge is 2.32. The van der Waals surface area contributed by atoms with E-state index in [9.17, 15) is 0 Å². The summed E-state index contributed by atoms with van der Waals surface area (Å²) in [7, 11) is 1.67. The van der Waals surface area contributed by atoms with Crippen LogP contribution in [0, 0.1) is 13.8 Å². The van der Waals surface area contributed by atoms with E-state index in [1.807, 2.05) is 24.3 Å². The zero-order valence-electron chi connectivity index (χ0n) is 12.7. The smallest absolute Gasteiger partial charge is 0.123 e. The highest BCUT2D eigenvalue weighted by atomic mass is 16.5. The first-order valence-electron chi connectivity index (χ1n) is 7.25. The van der Waals surface area contributed by atoms with E-state index < -0.39 is 0 Å². The van der Waals surface area contributed by atoms with Gasteiger partial charge in [-0.05, 0) is 54.3 Å². The Bertz CT molecular complexity index is 666. The van der Waals surface area contributed by atoms with Crippen molar-refractivity contribution in [2.45, 2.75) is 32.4 Å². The van der Waals surface area contributed by atoms with Crippen LogP contribution in [0.25, 0.3) is 0 Å². The number of nitrogens with two attached hydrogens (primary N) is 1. The van der Waals surface area contributed by atoms with Crippen LogP contribution in [0.15, 0.2) is 36.4 Å². The normalized spacial score (nSPS) is 20.2. The largest absolute Gasteiger partial charge is 0.497 e. The van der Waals surface area contributed by atoms with Gasteiger partial charge in [-0.2, -0.15) is 0 Å². The number of benzene rings is 2. The Hall–Kier alpha value is -2.00. The van der Waals surface area contributed by atoms with Crippen molar-refractivity contribution >= 4 is 0 Å². The average Bonchev–Trinajstić information content (AvgIpc) is 2.80. The second-order valence-electron chi connectivity index (χ2n) is 5.65. The van der Waals surface area contributed by atoms with Crippen LogP contribution in [0.3, 0.4) is 0 Å². The van der Waals surface area contributed by atoms with Crippen molar-refractivity contribution < 1.29 is 9.47 Å². The number of aryl methyl sites for hydroxylation is 1. The molecule has 3 nitrogen and oxygen atoms in total. The van der Waals surface area contributed by atoms with Crippen LogP contribution < -0.4 is 15.2 Å². The van der Waals surface area contributed by atoms with Crippen LogP contribution in [0.2, 0.25) is 0 Å². The maximum absolute atomic E-state index is 6.37. The highest BCUT2D eigenvalue weighted by molar-refractivity contribution is 5.43. The van der Waals surface area contributed by atoms with Gasteiger partial charge < -0.3 is 15.2 Å². The molecule has 2 unspecified atom stereocenters. The van der Waals surface area contributed by atoms with E-state index in [4.69, 9.17) is 15.2 Å². The first kappa shape index (κ1) is 14.0. The first-order valence-corrected chi connectivity index (χ1v) is 7.25. The lowest BCUT2D eigenvalue weighted by Gasteiger charge is -2.20. The summed E-state index contributed by atoms with van der Waals surface area (Å²) in [6, 6.07) is 12.1. The molecule has 0 saturated heterocycles. The van der Waals surface area contributed by atoms with Gasteiger partial charge >= 0.3 is 0 Å². The standard InChI is InChI=1S/C18H21NO2/c1-11-5-4-6-16(12(11)2)21-17-9-13-7-8-14(20-3)10-15(13)18(17)19/h4-8,10,17-18H,9,19H2,1-3H3. The number of ether oxygens (including phenoxy) is 2. The van der Waals surface area contributed by atoms with Gasteiger partial charge in [0, 0.05) is 6.42 Å². The van der Waals surface area contributed by atoms with Gasteiger partial charge in [-0.3, -0.25) is 0 Å². The quantitative estimate of drug-likeness (QED) is 0.940. The van der Waals surface area contributed by atoms with Gasteiger partial charge in [0.15, 0.2) is 0 Å². The minimum Gasteiger partial charge on any atom is -0.497 e. The van der Waals surface area contributed by atoms with E-state index >= 15 is 0 Å². The van der Waals surface area contributed by atoms with Crippen molar-refractivity contribution in [1.29, 1.82) is 0 Å². The molecule has 1 aliphatic carbocycles. The molecule has 0 amide bonds. The molecule has 2 aromatic carbocycles.